The second kappa shape index (κ2) is 15.9. The molecule has 1 rings (SSSR count). The average Bonchev–Trinajstić information content (AvgIpc) is 2.76. The molecule has 0 saturated heterocycles. The van der Waals surface area contributed by atoms with Crippen LogP contribution in [0.2, 0.25) is 0 Å². The molecule has 0 aliphatic carbocycles. The van der Waals surface area contributed by atoms with Gasteiger partial charge in [-0.3, -0.25) is 4.79 Å². The first-order valence-electron chi connectivity index (χ1n) is 10.3. The molecule has 0 saturated carbocycles. The van der Waals surface area contributed by atoms with E-state index in [1.54, 1.807) is 0 Å². The molecule has 31 heavy (non-hydrogen) atoms. The van der Waals surface area contributed by atoms with E-state index in [9.17, 15) is 26.7 Å². The van der Waals surface area contributed by atoms with Gasteiger partial charge in [-0.25, -0.2) is 13.2 Å². The van der Waals surface area contributed by atoms with Gasteiger partial charge in [-0.1, -0.05) is 39.0 Å². The predicted octanol–water partition coefficient (Wildman–Crippen LogP) is 5.09. The quantitative estimate of drug-likeness (QED) is 0.0817. The van der Waals surface area contributed by atoms with E-state index in [0.29, 0.717) is 19.8 Å². The number of benzene rings is 1. The monoisotopic (exact) mass is 456 g/mol. The third-order valence-electron chi connectivity index (χ3n) is 4.22. The van der Waals surface area contributed by atoms with Gasteiger partial charge in [0.25, 0.3) is 0 Å². The minimum atomic E-state index is -2.33. The lowest BCUT2D eigenvalue weighted by atomic mass is 10.1. The molecule has 1 aromatic carbocycles. The first kappa shape index (κ1) is 27.3. The zero-order chi connectivity index (χ0) is 23.1. The predicted molar refractivity (Wildman–Crippen MR) is 102 cm³/mol. The molecule has 178 valence electrons. The van der Waals surface area contributed by atoms with E-state index in [2.05, 4.69) is 11.7 Å². The Morgan fingerprint density at radius 2 is 1.06 bits per heavy atom. The van der Waals surface area contributed by atoms with Gasteiger partial charge in [0, 0.05) is 6.61 Å². The highest BCUT2D eigenvalue weighted by Gasteiger charge is 2.28. The number of esters is 1. The molecule has 0 atom stereocenters. The molecule has 0 aromatic heterocycles. The summed E-state index contributed by atoms with van der Waals surface area (Å²) < 4.78 is 86.0. The largest absolute Gasteiger partial charge is 0.420 e. The number of carbonyl (C=O) groups is 1. The Hall–Kier alpha value is -1.78. The van der Waals surface area contributed by atoms with E-state index in [1.807, 2.05) is 0 Å². The van der Waals surface area contributed by atoms with E-state index in [1.165, 1.54) is 25.7 Å². The molecule has 0 aliphatic heterocycles. The van der Waals surface area contributed by atoms with Crippen molar-refractivity contribution in [1.29, 1.82) is 0 Å². The second-order valence-corrected chi connectivity index (χ2v) is 6.73. The number of halogens is 5. The lowest BCUT2D eigenvalue weighted by Gasteiger charge is -2.09. The van der Waals surface area contributed by atoms with Crippen LogP contribution in [-0.2, 0) is 19.0 Å². The number of unbranched alkanes of at least 4 members (excludes halogenated alkanes) is 5. The molecule has 0 fully saturated rings. The molecule has 0 radical (unpaired) electrons. The van der Waals surface area contributed by atoms with Crippen LogP contribution in [0.25, 0.3) is 0 Å². The summed E-state index contributed by atoms with van der Waals surface area (Å²) in [7, 11) is 0. The molecule has 0 aliphatic rings. The standard InChI is InChI=1S/C21H29F5O5/c1-2-3-4-5-6-7-9-28-11-13-30-14-12-29-10-8-15(27)31-21-19(25)17(23)16(22)18(24)20(21)26/h2-14H2,1H3. The number of carbonyl (C=O) groups excluding carboxylic acids is 1. The molecule has 0 amide bonds. The molecule has 0 heterocycles. The summed E-state index contributed by atoms with van der Waals surface area (Å²) in [5.41, 5.74) is 0. The van der Waals surface area contributed by atoms with Crippen molar-refractivity contribution in [2.24, 2.45) is 0 Å². The first-order valence-corrected chi connectivity index (χ1v) is 10.3. The van der Waals surface area contributed by atoms with Crippen molar-refractivity contribution in [2.75, 3.05) is 39.6 Å². The Bertz CT molecular complexity index is 643. The maximum atomic E-state index is 13.4. The summed E-state index contributed by atoms with van der Waals surface area (Å²) in [5, 5.41) is 0. The highest BCUT2D eigenvalue weighted by Crippen LogP contribution is 2.29. The minimum Gasteiger partial charge on any atom is -0.420 e. The van der Waals surface area contributed by atoms with Gasteiger partial charge >= 0.3 is 5.97 Å². The summed E-state index contributed by atoms with van der Waals surface area (Å²) in [6, 6.07) is 0. The fourth-order valence-corrected chi connectivity index (χ4v) is 2.52. The summed E-state index contributed by atoms with van der Waals surface area (Å²) in [4.78, 5) is 11.5. The molecule has 10 heteroatoms. The number of rotatable bonds is 17. The molecule has 0 unspecified atom stereocenters. The zero-order valence-electron chi connectivity index (χ0n) is 17.6. The second-order valence-electron chi connectivity index (χ2n) is 6.73. The van der Waals surface area contributed by atoms with E-state index in [0.717, 1.165) is 12.8 Å². The SMILES string of the molecule is CCCCCCCCOCCOCCOCCC(=O)Oc1c(F)c(F)c(F)c(F)c1F. The molecular formula is C21H29F5O5. The van der Waals surface area contributed by atoms with Gasteiger partial charge in [-0.2, -0.15) is 8.78 Å². The maximum absolute atomic E-state index is 13.4. The number of hydrogen-bond acceptors (Lipinski definition) is 5. The van der Waals surface area contributed by atoms with Crippen molar-refractivity contribution in [3.63, 3.8) is 0 Å². The van der Waals surface area contributed by atoms with Crippen LogP contribution in [0.1, 0.15) is 51.9 Å². The van der Waals surface area contributed by atoms with Crippen LogP contribution in [0.15, 0.2) is 0 Å². The van der Waals surface area contributed by atoms with Crippen LogP contribution >= 0.6 is 0 Å². The summed E-state index contributed by atoms with van der Waals surface area (Å²) >= 11 is 0. The zero-order valence-corrected chi connectivity index (χ0v) is 17.6. The summed E-state index contributed by atoms with van der Waals surface area (Å²) in [5.74, 6) is -14.0. The van der Waals surface area contributed by atoms with Crippen LogP contribution in [-0.4, -0.2) is 45.6 Å². The normalized spacial score (nSPS) is 11.2. The smallest absolute Gasteiger partial charge is 0.313 e. The molecule has 5 nitrogen and oxygen atoms in total. The Kier molecular flexibility index (Phi) is 14.0. The van der Waals surface area contributed by atoms with Gasteiger partial charge < -0.3 is 18.9 Å². The van der Waals surface area contributed by atoms with Gasteiger partial charge in [-0.05, 0) is 6.42 Å². The Labute approximate surface area is 178 Å². The van der Waals surface area contributed by atoms with E-state index >= 15 is 0 Å². The van der Waals surface area contributed by atoms with Crippen LogP contribution < -0.4 is 4.74 Å². The molecular weight excluding hydrogens is 427 g/mol. The van der Waals surface area contributed by atoms with Gasteiger partial charge in [0.05, 0.1) is 39.5 Å². The van der Waals surface area contributed by atoms with Crippen molar-refractivity contribution >= 4 is 5.97 Å². The fraction of sp³-hybridized carbons (Fsp3) is 0.667. The molecule has 1 aromatic rings. The minimum absolute atomic E-state index is 0.146. The summed E-state index contributed by atoms with van der Waals surface area (Å²) in [6.07, 6.45) is 6.70. The van der Waals surface area contributed by atoms with Crippen LogP contribution in [0, 0.1) is 29.1 Å². The van der Waals surface area contributed by atoms with Crippen molar-refractivity contribution in [1.82, 2.24) is 0 Å². The third kappa shape index (κ3) is 10.4. The van der Waals surface area contributed by atoms with Crippen molar-refractivity contribution in [3.05, 3.63) is 29.1 Å². The van der Waals surface area contributed by atoms with Crippen molar-refractivity contribution < 1.29 is 45.7 Å². The number of hydrogen-bond donors (Lipinski definition) is 0. The van der Waals surface area contributed by atoms with E-state index in [-0.39, 0.29) is 19.8 Å². The lowest BCUT2D eigenvalue weighted by molar-refractivity contribution is -0.136. The third-order valence-corrected chi connectivity index (χ3v) is 4.22. The van der Waals surface area contributed by atoms with Gasteiger partial charge in [0.15, 0.2) is 0 Å². The Morgan fingerprint density at radius 1 is 0.613 bits per heavy atom. The summed E-state index contributed by atoms with van der Waals surface area (Å²) in [6.45, 7) is 3.93. The van der Waals surface area contributed by atoms with Crippen LogP contribution in [0.3, 0.4) is 0 Å². The lowest BCUT2D eigenvalue weighted by Crippen LogP contribution is -2.16. The molecule has 0 bridgehead atoms. The van der Waals surface area contributed by atoms with Crippen molar-refractivity contribution in [2.45, 2.75) is 51.9 Å². The topological polar surface area (TPSA) is 54.0 Å². The van der Waals surface area contributed by atoms with Crippen molar-refractivity contribution in [3.8, 4) is 5.75 Å². The fourth-order valence-electron chi connectivity index (χ4n) is 2.52. The van der Waals surface area contributed by atoms with E-state index < -0.39 is 47.2 Å². The molecule has 0 N–H and O–H groups in total. The molecule has 0 spiro atoms. The van der Waals surface area contributed by atoms with Crippen LogP contribution in [0.5, 0.6) is 5.75 Å². The van der Waals surface area contributed by atoms with Gasteiger partial charge in [0.1, 0.15) is 0 Å². The number of ether oxygens (including phenoxy) is 4. The Morgan fingerprint density at radius 3 is 1.65 bits per heavy atom. The van der Waals surface area contributed by atoms with Gasteiger partial charge in [0.2, 0.25) is 34.8 Å². The van der Waals surface area contributed by atoms with Crippen LogP contribution in [0.4, 0.5) is 22.0 Å². The maximum Gasteiger partial charge on any atom is 0.313 e. The highest BCUT2D eigenvalue weighted by atomic mass is 19.2. The first-order chi connectivity index (χ1) is 14.9. The average molecular weight is 456 g/mol. The van der Waals surface area contributed by atoms with Gasteiger partial charge in [-0.15, -0.1) is 0 Å². The van der Waals surface area contributed by atoms with E-state index in [4.69, 9.17) is 14.2 Å². The highest BCUT2D eigenvalue weighted by molar-refractivity contribution is 5.72. The Balaban J connectivity index is 2.05.